The van der Waals surface area contributed by atoms with Crippen LogP contribution < -0.4 is 0 Å². The molecule has 6 heteroatoms. The van der Waals surface area contributed by atoms with Crippen LogP contribution >= 0.6 is 0 Å². The van der Waals surface area contributed by atoms with Crippen LogP contribution in [0.2, 0.25) is 0 Å². The average molecular weight is 243 g/mol. The second kappa shape index (κ2) is 4.37. The van der Waals surface area contributed by atoms with Gasteiger partial charge in [-0.1, -0.05) is 11.6 Å². The highest BCUT2D eigenvalue weighted by atomic mass is 32.2. The van der Waals surface area contributed by atoms with Crippen LogP contribution in [0.4, 0.5) is 0 Å². The summed E-state index contributed by atoms with van der Waals surface area (Å²) in [5.41, 5.74) is 0.348. The third kappa shape index (κ3) is 2.16. The summed E-state index contributed by atoms with van der Waals surface area (Å²) in [6.45, 7) is 0. The molecule has 1 aromatic heterocycles. The molecule has 0 amide bonds. The fraction of sp³-hybridized carbons (Fsp3) is 0.600. The molecule has 16 heavy (non-hydrogen) atoms. The summed E-state index contributed by atoms with van der Waals surface area (Å²) >= 11 is 0. The number of nitrogens with zero attached hydrogens (tertiary/aromatic N) is 1. The molecule has 0 radical (unpaired) electrons. The van der Waals surface area contributed by atoms with Crippen LogP contribution in [-0.2, 0) is 16.3 Å². The van der Waals surface area contributed by atoms with E-state index in [0.717, 1.165) is 12.8 Å². The van der Waals surface area contributed by atoms with Gasteiger partial charge in [0.2, 0.25) is 0 Å². The number of carbonyl (C=O) groups excluding carboxylic acids is 1. The van der Waals surface area contributed by atoms with E-state index >= 15 is 0 Å². The molecule has 1 atom stereocenters. The Bertz CT molecular complexity index is 477. The lowest BCUT2D eigenvalue weighted by atomic mass is 10.1. The van der Waals surface area contributed by atoms with Crippen LogP contribution in [0.1, 0.15) is 35.4 Å². The van der Waals surface area contributed by atoms with Crippen LogP contribution in [0.3, 0.4) is 0 Å². The molecule has 1 fully saturated rings. The van der Waals surface area contributed by atoms with Gasteiger partial charge in [-0.15, -0.1) is 0 Å². The number of hydrogen-bond donors (Lipinski definition) is 0. The highest BCUT2D eigenvalue weighted by Crippen LogP contribution is 2.23. The van der Waals surface area contributed by atoms with Crippen LogP contribution in [0.15, 0.2) is 10.7 Å². The lowest BCUT2D eigenvalue weighted by molar-refractivity contribution is 0.112. The molecule has 0 bridgehead atoms. The zero-order valence-corrected chi connectivity index (χ0v) is 9.57. The first-order valence-electron chi connectivity index (χ1n) is 5.24. The van der Waals surface area contributed by atoms with Gasteiger partial charge in [-0.2, -0.15) is 0 Å². The summed E-state index contributed by atoms with van der Waals surface area (Å²) in [7, 11) is -3.03. The van der Waals surface area contributed by atoms with Gasteiger partial charge in [-0.25, -0.2) is 8.42 Å². The van der Waals surface area contributed by atoms with Crippen LogP contribution in [0.25, 0.3) is 0 Å². The Morgan fingerprint density at radius 2 is 2.31 bits per heavy atom. The van der Waals surface area contributed by atoms with E-state index in [2.05, 4.69) is 5.16 Å². The number of rotatable bonds is 3. The number of sulfone groups is 1. The Morgan fingerprint density at radius 3 is 3.00 bits per heavy atom. The molecule has 1 saturated heterocycles. The van der Waals surface area contributed by atoms with E-state index in [1.807, 2.05) is 0 Å². The normalized spacial score (nSPS) is 24.1. The van der Waals surface area contributed by atoms with E-state index < -0.39 is 15.1 Å². The molecule has 0 N–H and O–H groups in total. The number of hydrogen-bond acceptors (Lipinski definition) is 5. The van der Waals surface area contributed by atoms with Crippen molar-refractivity contribution in [1.29, 1.82) is 0 Å². The van der Waals surface area contributed by atoms with Crippen LogP contribution in [0.5, 0.6) is 0 Å². The lowest BCUT2D eigenvalue weighted by Gasteiger charge is -2.20. The summed E-state index contributed by atoms with van der Waals surface area (Å²) in [6, 6.07) is 0. The summed E-state index contributed by atoms with van der Waals surface area (Å²) in [4.78, 5) is 10.6. The molecular formula is C10H13NO4S. The van der Waals surface area contributed by atoms with Crippen molar-refractivity contribution < 1.29 is 17.7 Å². The molecule has 1 unspecified atom stereocenters. The van der Waals surface area contributed by atoms with Gasteiger partial charge in [0.25, 0.3) is 0 Å². The molecule has 1 aliphatic heterocycles. The Hall–Kier alpha value is -1.17. The maximum Gasteiger partial charge on any atom is 0.155 e. The predicted octanol–water partition coefficient (Wildman–Crippen LogP) is 0.997. The van der Waals surface area contributed by atoms with Gasteiger partial charge in [0.1, 0.15) is 5.76 Å². The maximum atomic E-state index is 11.8. The van der Waals surface area contributed by atoms with Gasteiger partial charge in [0.05, 0.1) is 22.8 Å². The maximum absolute atomic E-state index is 11.8. The highest BCUT2D eigenvalue weighted by Gasteiger charge is 2.30. The fourth-order valence-electron chi connectivity index (χ4n) is 1.98. The minimum Gasteiger partial charge on any atom is -0.361 e. The molecule has 0 aliphatic carbocycles. The predicted molar refractivity (Wildman–Crippen MR) is 57.0 cm³/mol. The molecule has 2 rings (SSSR count). The molecule has 5 nitrogen and oxygen atoms in total. The zero-order chi connectivity index (χ0) is 11.6. The summed E-state index contributed by atoms with van der Waals surface area (Å²) in [5.74, 6) is 0.618. The Balaban J connectivity index is 2.18. The number of carbonyl (C=O) groups is 1. The first-order valence-corrected chi connectivity index (χ1v) is 6.95. The van der Waals surface area contributed by atoms with Crippen molar-refractivity contribution in [1.82, 2.24) is 5.16 Å². The van der Waals surface area contributed by atoms with Gasteiger partial charge < -0.3 is 4.52 Å². The Kier molecular flexibility index (Phi) is 3.09. The van der Waals surface area contributed by atoms with Gasteiger partial charge in [-0.05, 0) is 12.8 Å². The third-order valence-corrected chi connectivity index (χ3v) is 5.21. The van der Waals surface area contributed by atoms with Crippen molar-refractivity contribution >= 4 is 16.1 Å². The lowest BCUT2D eigenvalue weighted by Crippen LogP contribution is -2.30. The smallest absolute Gasteiger partial charge is 0.155 e. The fourth-order valence-corrected chi connectivity index (χ4v) is 3.85. The standard InChI is InChI=1S/C10H13NO4S/c12-7-8-6-11-15-10(8)5-9-3-1-2-4-16(9,13)14/h6-7,9H,1-5H2. The van der Waals surface area contributed by atoms with Crippen molar-refractivity contribution in [3.05, 3.63) is 17.5 Å². The minimum atomic E-state index is -3.03. The van der Waals surface area contributed by atoms with E-state index in [4.69, 9.17) is 4.52 Å². The number of aldehydes is 1. The van der Waals surface area contributed by atoms with Crippen molar-refractivity contribution in [3.8, 4) is 0 Å². The van der Waals surface area contributed by atoms with E-state index in [1.54, 1.807) is 0 Å². The first-order chi connectivity index (χ1) is 7.63. The van der Waals surface area contributed by atoms with Gasteiger partial charge in [-0.3, -0.25) is 4.79 Å². The molecule has 2 heterocycles. The van der Waals surface area contributed by atoms with Crippen LogP contribution in [0, 0.1) is 0 Å². The van der Waals surface area contributed by atoms with Crippen molar-refractivity contribution in [2.45, 2.75) is 30.9 Å². The minimum absolute atomic E-state index is 0.238. The third-order valence-electron chi connectivity index (χ3n) is 2.93. The van der Waals surface area contributed by atoms with Crippen molar-refractivity contribution in [2.75, 3.05) is 5.75 Å². The van der Waals surface area contributed by atoms with Gasteiger partial charge >= 0.3 is 0 Å². The second-order valence-corrected chi connectivity index (χ2v) is 6.41. The highest BCUT2D eigenvalue weighted by molar-refractivity contribution is 7.92. The summed E-state index contributed by atoms with van der Waals surface area (Å²) < 4.78 is 28.4. The molecule has 88 valence electrons. The van der Waals surface area contributed by atoms with E-state index in [1.165, 1.54) is 6.20 Å². The summed E-state index contributed by atoms with van der Waals surface area (Å²) in [5, 5.41) is 3.08. The first kappa shape index (κ1) is 11.3. The molecule has 0 aromatic carbocycles. The Labute approximate surface area is 93.7 Å². The van der Waals surface area contributed by atoms with Crippen molar-refractivity contribution in [3.63, 3.8) is 0 Å². The Morgan fingerprint density at radius 1 is 1.50 bits per heavy atom. The molecule has 1 aromatic rings. The quantitative estimate of drug-likeness (QED) is 0.740. The zero-order valence-electron chi connectivity index (χ0n) is 8.76. The molecule has 0 spiro atoms. The molecular weight excluding hydrogens is 230 g/mol. The van der Waals surface area contributed by atoms with Crippen molar-refractivity contribution in [2.24, 2.45) is 0 Å². The SMILES string of the molecule is O=Cc1cnoc1CC1CCCCS1(=O)=O. The molecule has 1 aliphatic rings. The largest absolute Gasteiger partial charge is 0.361 e. The summed E-state index contributed by atoms with van der Waals surface area (Å²) in [6.07, 6.45) is 4.50. The topological polar surface area (TPSA) is 77.2 Å². The molecule has 0 saturated carbocycles. The van der Waals surface area contributed by atoms with Gasteiger partial charge in [0, 0.05) is 6.42 Å². The average Bonchev–Trinajstić information content (AvgIpc) is 2.68. The number of aromatic nitrogens is 1. The van der Waals surface area contributed by atoms with Crippen LogP contribution in [-0.4, -0.2) is 30.9 Å². The van der Waals surface area contributed by atoms with E-state index in [9.17, 15) is 13.2 Å². The van der Waals surface area contributed by atoms with E-state index in [-0.39, 0.29) is 12.2 Å². The van der Waals surface area contributed by atoms with E-state index in [0.29, 0.717) is 24.0 Å². The second-order valence-electron chi connectivity index (χ2n) is 4.01. The monoisotopic (exact) mass is 243 g/mol. The van der Waals surface area contributed by atoms with Gasteiger partial charge in [0.15, 0.2) is 16.1 Å².